The number of fused-ring (bicyclic) bond motifs is 1. The lowest BCUT2D eigenvalue weighted by atomic mass is 9.79. The Morgan fingerprint density at radius 3 is 3.00 bits per heavy atom. The first-order valence-electron chi connectivity index (χ1n) is 5.89. The first-order valence-corrected chi connectivity index (χ1v) is 5.89. The van der Waals surface area contributed by atoms with Crippen molar-refractivity contribution in [3.8, 4) is 0 Å². The number of hydrogen-bond acceptors (Lipinski definition) is 2. The number of rotatable bonds is 1. The molecule has 0 aromatic heterocycles. The van der Waals surface area contributed by atoms with E-state index in [1.54, 1.807) is 6.07 Å². The van der Waals surface area contributed by atoms with Gasteiger partial charge in [-0.1, -0.05) is 24.6 Å². The van der Waals surface area contributed by atoms with E-state index in [0.717, 1.165) is 18.4 Å². The van der Waals surface area contributed by atoms with Crippen LogP contribution in [0, 0.1) is 11.7 Å². The summed E-state index contributed by atoms with van der Waals surface area (Å²) in [6.07, 6.45) is 3.63. The van der Waals surface area contributed by atoms with Crippen LogP contribution in [0.25, 0.3) is 0 Å². The van der Waals surface area contributed by atoms with E-state index in [0.29, 0.717) is 5.92 Å². The van der Waals surface area contributed by atoms with Crippen LogP contribution in [0.1, 0.15) is 31.7 Å². The van der Waals surface area contributed by atoms with Gasteiger partial charge < -0.3 is 0 Å². The van der Waals surface area contributed by atoms with Gasteiger partial charge in [0, 0.05) is 11.5 Å². The predicted octanol–water partition coefficient (Wildman–Crippen LogP) is 2.74. The van der Waals surface area contributed by atoms with Crippen molar-refractivity contribution in [2.75, 3.05) is 0 Å². The van der Waals surface area contributed by atoms with Crippen LogP contribution in [-0.4, -0.2) is 6.10 Å². The van der Waals surface area contributed by atoms with Gasteiger partial charge in [-0.2, -0.15) is 5.48 Å². The molecule has 0 bridgehead atoms. The summed E-state index contributed by atoms with van der Waals surface area (Å²) in [4.78, 5) is 5.59. The molecule has 1 aromatic rings. The van der Waals surface area contributed by atoms with Gasteiger partial charge in [0.15, 0.2) is 0 Å². The summed E-state index contributed by atoms with van der Waals surface area (Å²) in [5, 5.41) is 0. The molecule has 1 aromatic carbocycles. The lowest BCUT2D eigenvalue weighted by Gasteiger charge is -2.29. The lowest BCUT2D eigenvalue weighted by Crippen LogP contribution is -2.39. The normalized spacial score (nSPS) is 37.6. The molecular weight excluding hydrogens is 205 g/mol. The lowest BCUT2D eigenvalue weighted by molar-refractivity contribution is 0.0113. The maximum atomic E-state index is 13.8. The third-order valence-electron chi connectivity index (χ3n) is 4.05. The molecule has 16 heavy (non-hydrogen) atoms. The molecule has 0 spiro atoms. The first-order chi connectivity index (χ1) is 7.72. The summed E-state index contributed by atoms with van der Waals surface area (Å²) in [5.41, 5.74) is 3.41. The van der Waals surface area contributed by atoms with Crippen molar-refractivity contribution in [3.63, 3.8) is 0 Å². The standard InChI is InChI=1S/C13H16FNO/c1-13(9-5-2-3-7-11(9)14)10-6-4-8-12(10)16-15-13/h2-3,5,7,10,12,15H,4,6,8H2,1H3. The van der Waals surface area contributed by atoms with Gasteiger partial charge in [0.25, 0.3) is 0 Å². The number of nitrogens with one attached hydrogen (secondary N) is 1. The highest BCUT2D eigenvalue weighted by atomic mass is 19.1. The van der Waals surface area contributed by atoms with Crippen LogP contribution in [0.4, 0.5) is 4.39 Å². The fraction of sp³-hybridized carbons (Fsp3) is 0.538. The van der Waals surface area contributed by atoms with Crippen molar-refractivity contribution in [2.45, 2.75) is 37.8 Å². The third kappa shape index (κ3) is 1.31. The van der Waals surface area contributed by atoms with E-state index in [1.807, 2.05) is 19.1 Å². The quantitative estimate of drug-likeness (QED) is 0.787. The second-order valence-electron chi connectivity index (χ2n) is 4.98. The number of hydroxylamine groups is 1. The van der Waals surface area contributed by atoms with Crippen LogP contribution >= 0.6 is 0 Å². The number of benzene rings is 1. The topological polar surface area (TPSA) is 21.3 Å². The van der Waals surface area contributed by atoms with Crippen molar-refractivity contribution >= 4 is 0 Å². The molecule has 1 aliphatic carbocycles. The second-order valence-corrected chi connectivity index (χ2v) is 4.98. The largest absolute Gasteiger partial charge is 0.297 e. The Labute approximate surface area is 94.8 Å². The summed E-state index contributed by atoms with van der Waals surface area (Å²) in [6.45, 7) is 2.04. The van der Waals surface area contributed by atoms with Crippen LogP contribution in [0.5, 0.6) is 0 Å². The van der Waals surface area contributed by atoms with Crippen LogP contribution in [0.2, 0.25) is 0 Å². The SMILES string of the molecule is CC1(c2ccccc2F)NOC2CCCC21. The minimum Gasteiger partial charge on any atom is -0.297 e. The molecule has 3 rings (SSSR count). The summed E-state index contributed by atoms with van der Waals surface area (Å²) in [7, 11) is 0. The van der Waals surface area contributed by atoms with Gasteiger partial charge in [0.05, 0.1) is 11.6 Å². The predicted molar refractivity (Wildman–Crippen MR) is 59.1 cm³/mol. The molecule has 3 unspecified atom stereocenters. The van der Waals surface area contributed by atoms with E-state index >= 15 is 0 Å². The monoisotopic (exact) mass is 221 g/mol. The maximum Gasteiger partial charge on any atom is 0.128 e. The molecule has 1 saturated carbocycles. The van der Waals surface area contributed by atoms with E-state index in [-0.39, 0.29) is 17.5 Å². The van der Waals surface area contributed by atoms with Crippen LogP contribution in [0.15, 0.2) is 24.3 Å². The van der Waals surface area contributed by atoms with E-state index < -0.39 is 0 Å². The van der Waals surface area contributed by atoms with Crippen molar-refractivity contribution in [1.82, 2.24) is 5.48 Å². The number of halogens is 1. The average Bonchev–Trinajstić information content (AvgIpc) is 2.84. The highest BCUT2D eigenvalue weighted by Crippen LogP contribution is 2.46. The Kier molecular flexibility index (Phi) is 2.26. The molecule has 1 heterocycles. The van der Waals surface area contributed by atoms with Gasteiger partial charge in [0.1, 0.15) is 5.82 Å². The summed E-state index contributed by atoms with van der Waals surface area (Å²) >= 11 is 0. The third-order valence-corrected chi connectivity index (χ3v) is 4.05. The van der Waals surface area contributed by atoms with Gasteiger partial charge >= 0.3 is 0 Å². The molecule has 1 aliphatic heterocycles. The summed E-state index contributed by atoms with van der Waals surface area (Å²) in [6, 6.07) is 6.98. The average molecular weight is 221 g/mol. The van der Waals surface area contributed by atoms with Gasteiger partial charge in [-0.3, -0.25) is 4.84 Å². The van der Waals surface area contributed by atoms with Gasteiger partial charge in [0.2, 0.25) is 0 Å². The zero-order chi connectivity index (χ0) is 11.2. The van der Waals surface area contributed by atoms with Crippen LogP contribution < -0.4 is 5.48 Å². The highest BCUT2D eigenvalue weighted by molar-refractivity contribution is 5.28. The molecule has 1 N–H and O–H groups in total. The fourth-order valence-electron chi connectivity index (χ4n) is 3.14. The van der Waals surface area contributed by atoms with Crippen molar-refractivity contribution in [3.05, 3.63) is 35.6 Å². The van der Waals surface area contributed by atoms with Crippen molar-refractivity contribution < 1.29 is 9.23 Å². The van der Waals surface area contributed by atoms with Crippen molar-refractivity contribution in [1.29, 1.82) is 0 Å². The molecule has 0 radical (unpaired) electrons. The molecule has 2 aliphatic rings. The Hall–Kier alpha value is -0.930. The molecule has 2 fully saturated rings. The fourth-order valence-corrected chi connectivity index (χ4v) is 3.14. The Balaban J connectivity index is 2.02. The van der Waals surface area contributed by atoms with Gasteiger partial charge in [-0.15, -0.1) is 0 Å². The van der Waals surface area contributed by atoms with Crippen molar-refractivity contribution in [2.24, 2.45) is 5.92 Å². The van der Waals surface area contributed by atoms with E-state index in [4.69, 9.17) is 4.84 Å². The van der Waals surface area contributed by atoms with E-state index in [1.165, 1.54) is 12.5 Å². The van der Waals surface area contributed by atoms with E-state index in [2.05, 4.69) is 5.48 Å². The van der Waals surface area contributed by atoms with Gasteiger partial charge in [-0.05, 0) is 25.8 Å². The highest BCUT2D eigenvalue weighted by Gasteiger charge is 2.50. The number of hydrogen-bond donors (Lipinski definition) is 1. The molecule has 86 valence electrons. The Morgan fingerprint density at radius 1 is 1.38 bits per heavy atom. The molecule has 2 nitrogen and oxygen atoms in total. The second kappa shape index (κ2) is 3.54. The maximum absolute atomic E-state index is 13.8. The molecule has 0 amide bonds. The van der Waals surface area contributed by atoms with Gasteiger partial charge in [-0.25, -0.2) is 4.39 Å². The molecule has 3 atom stereocenters. The Morgan fingerprint density at radius 2 is 2.19 bits per heavy atom. The molecule has 1 saturated heterocycles. The zero-order valence-electron chi connectivity index (χ0n) is 9.37. The summed E-state index contributed by atoms with van der Waals surface area (Å²) < 4.78 is 13.8. The minimum absolute atomic E-state index is 0.145. The van der Waals surface area contributed by atoms with Crippen LogP contribution in [0.3, 0.4) is 0 Å². The van der Waals surface area contributed by atoms with Crippen LogP contribution in [-0.2, 0) is 10.4 Å². The smallest absolute Gasteiger partial charge is 0.128 e. The molecule has 3 heteroatoms. The summed E-state index contributed by atoms with van der Waals surface area (Å²) in [5.74, 6) is 0.248. The van der Waals surface area contributed by atoms with E-state index in [9.17, 15) is 4.39 Å². The minimum atomic E-state index is -0.369. The first kappa shape index (κ1) is 10.2. The zero-order valence-corrected chi connectivity index (χ0v) is 9.37. The Bertz CT molecular complexity index is 409. The molecular formula is C13H16FNO.